The maximum atomic E-state index is 16.0. The Labute approximate surface area is 367 Å². The lowest BCUT2D eigenvalue weighted by atomic mass is 9.93. The summed E-state index contributed by atoms with van der Waals surface area (Å²) >= 11 is 0. The number of nitrogens with zero attached hydrogens (tertiary/aromatic N) is 4. The minimum Gasteiger partial charge on any atom is -0.342 e. The number of aryl methyl sites for hydroxylation is 3. The van der Waals surface area contributed by atoms with E-state index in [4.69, 9.17) is 22.0 Å². The van der Waals surface area contributed by atoms with Gasteiger partial charge in [-0.05, 0) is 108 Å². The third kappa shape index (κ3) is 10.5. The Kier molecular flexibility index (Phi) is 14.1. The summed E-state index contributed by atoms with van der Waals surface area (Å²) in [4.78, 5) is 14.5. The van der Waals surface area contributed by atoms with Gasteiger partial charge in [0, 0.05) is 29.6 Å². The number of hydrogen-bond acceptors (Lipinski definition) is 4. The Balaban J connectivity index is 0.000000238. The summed E-state index contributed by atoms with van der Waals surface area (Å²) in [6.45, 7) is 31.4. The van der Waals surface area contributed by atoms with Crippen LogP contribution in [0.3, 0.4) is 0 Å². The molecule has 0 saturated heterocycles. The van der Waals surface area contributed by atoms with Crippen LogP contribution in [-0.4, -0.2) is 26.6 Å². The first-order valence-corrected chi connectivity index (χ1v) is 26.7. The van der Waals surface area contributed by atoms with Crippen LogP contribution in [0.2, 0.25) is 39.3 Å². The van der Waals surface area contributed by atoms with Gasteiger partial charge in [0.25, 0.3) is 0 Å². The molecule has 0 saturated carbocycles. The molecule has 0 aliphatic heterocycles. The van der Waals surface area contributed by atoms with Gasteiger partial charge in [-0.2, -0.15) is 17.6 Å². The minimum atomic E-state index is -4.03. The first-order chi connectivity index (χ1) is 29.4. The first kappa shape index (κ1) is 48.1. The molecule has 326 valence electrons. The molecule has 2 heterocycles. The van der Waals surface area contributed by atoms with E-state index in [1.165, 1.54) is 24.5 Å². The highest BCUT2D eigenvalue weighted by Crippen LogP contribution is 2.52. The summed E-state index contributed by atoms with van der Waals surface area (Å²) < 4.78 is 104. The van der Waals surface area contributed by atoms with E-state index in [1.807, 2.05) is 69.3 Å². The van der Waals surface area contributed by atoms with Crippen LogP contribution in [0.4, 0.5) is 26.3 Å². The van der Waals surface area contributed by atoms with E-state index >= 15 is 17.6 Å². The van der Waals surface area contributed by atoms with Crippen molar-refractivity contribution < 1.29 is 35.2 Å². The predicted octanol–water partition coefficient (Wildman–Crippen LogP) is 14.1. The van der Waals surface area contributed by atoms with Gasteiger partial charge in [-0.25, -0.2) is 21.9 Å². The maximum Gasteiger partial charge on any atom is 0.427 e. The smallest absolute Gasteiger partial charge is 0.342 e. The van der Waals surface area contributed by atoms with Crippen LogP contribution >= 0.6 is 0 Å². The molecule has 0 aliphatic carbocycles. The van der Waals surface area contributed by atoms with Crippen LogP contribution in [0, 0.1) is 45.5 Å². The van der Waals surface area contributed by atoms with E-state index in [0.717, 1.165) is 51.6 Å². The number of halogens is 6. The fourth-order valence-corrected chi connectivity index (χ4v) is 9.02. The highest BCUT2D eigenvalue weighted by Gasteiger charge is 2.69. The molecule has 0 N–H and O–H groups in total. The van der Waals surface area contributed by atoms with Gasteiger partial charge in [-0.1, -0.05) is 89.5 Å². The van der Waals surface area contributed by atoms with Crippen molar-refractivity contribution in [2.45, 2.75) is 83.3 Å². The van der Waals surface area contributed by atoms with Crippen LogP contribution in [0.25, 0.3) is 31.9 Å². The third-order valence-electron chi connectivity index (χ3n) is 9.75. The van der Waals surface area contributed by atoms with Crippen molar-refractivity contribution in [3.05, 3.63) is 201 Å². The van der Waals surface area contributed by atoms with Gasteiger partial charge in [0.2, 0.25) is 0 Å². The van der Waals surface area contributed by atoms with Gasteiger partial charge < -0.3 is 8.85 Å². The number of hydrogen-bond donors (Lipinski definition) is 0. The quantitative estimate of drug-likeness (QED) is 0.0698. The molecule has 63 heavy (non-hydrogen) atoms. The average molecular weight is 895 g/mol. The molecule has 6 nitrogen and oxygen atoms in total. The molecule has 0 amide bonds. The van der Waals surface area contributed by atoms with Gasteiger partial charge in [0.15, 0.2) is 16.6 Å². The largest absolute Gasteiger partial charge is 0.427 e. The van der Waals surface area contributed by atoms with E-state index in [2.05, 4.69) is 19.7 Å². The van der Waals surface area contributed by atoms with Crippen molar-refractivity contribution in [1.82, 2.24) is 9.97 Å². The Bertz CT molecular complexity index is 2600. The number of alkyl halides is 4. The van der Waals surface area contributed by atoms with Gasteiger partial charge in [0.05, 0.1) is 5.56 Å². The van der Waals surface area contributed by atoms with Gasteiger partial charge in [0.1, 0.15) is 28.6 Å². The number of pyridine rings is 2. The van der Waals surface area contributed by atoms with Gasteiger partial charge in [-0.15, -0.1) is 0 Å². The minimum absolute atomic E-state index is 0.130. The predicted molar refractivity (Wildman–Crippen MR) is 240 cm³/mol. The summed E-state index contributed by atoms with van der Waals surface area (Å²) in [5.41, 5.74) is -1.25. The second-order valence-electron chi connectivity index (χ2n) is 17.2. The van der Waals surface area contributed by atoms with Crippen molar-refractivity contribution in [1.29, 1.82) is 0 Å². The Morgan fingerprint density at radius 2 is 0.857 bits per heavy atom. The molecule has 4 aromatic carbocycles. The van der Waals surface area contributed by atoms with Crippen molar-refractivity contribution in [2.75, 3.05) is 0 Å². The molecule has 14 heteroatoms. The second kappa shape index (κ2) is 18.4. The molecular formula is C49H48F6N4O2Si2. The third-order valence-corrected chi connectivity index (χ3v) is 11.6. The average Bonchev–Trinajstić information content (AvgIpc) is 3.22. The number of benzene rings is 4. The number of rotatable bonds is 12. The van der Waals surface area contributed by atoms with Crippen LogP contribution in [-0.2, 0) is 32.1 Å². The van der Waals surface area contributed by atoms with Crippen molar-refractivity contribution >= 4 is 16.6 Å². The lowest BCUT2D eigenvalue weighted by Crippen LogP contribution is -2.50. The highest BCUT2D eigenvalue weighted by atomic mass is 28.4. The van der Waals surface area contributed by atoms with Crippen LogP contribution in [0.1, 0.15) is 39.2 Å². The van der Waals surface area contributed by atoms with E-state index < -0.39 is 68.5 Å². The topological polar surface area (TPSA) is 53.0 Å². The molecule has 0 unspecified atom stereocenters. The Morgan fingerprint density at radius 3 is 1.21 bits per heavy atom. The Hall–Kier alpha value is -5.91. The molecule has 2 aromatic heterocycles. The standard InChI is InChI=1S/C25H26F2N2OSi.C24H22F4N2OSi/c1-18-7-11-20(12-8-18)21-13-16-23(29-17-21)24(26,27)25(28-3,30-31(4,5)6)22-14-9-19(2)10-15-22;1-16-6-8-17(9-7-16)18-10-13-22(30-15-18)23(27,28)24(29-2,31-32(3,4)5)20-12-11-19(25)14-21(20)26/h7-17H,1-2,4-6H3;6-15H,1,3-5H3/t25-;24-/m10/s1. The molecule has 6 aromatic rings. The number of aromatic nitrogens is 2. The van der Waals surface area contributed by atoms with E-state index in [0.29, 0.717) is 11.6 Å². The second-order valence-corrected chi connectivity index (χ2v) is 26.0. The highest BCUT2D eigenvalue weighted by molar-refractivity contribution is 6.70. The van der Waals surface area contributed by atoms with E-state index in [1.54, 1.807) is 69.6 Å². The fourth-order valence-electron chi connectivity index (χ4n) is 6.67. The molecule has 6 rings (SSSR count). The zero-order valence-corrected chi connectivity index (χ0v) is 38.5. The van der Waals surface area contributed by atoms with Crippen molar-refractivity contribution in [2.24, 2.45) is 0 Å². The van der Waals surface area contributed by atoms with Crippen LogP contribution in [0.5, 0.6) is 0 Å². The van der Waals surface area contributed by atoms with Crippen LogP contribution in [0.15, 0.2) is 128 Å². The fraction of sp³-hybridized carbons (Fsp3) is 0.265. The molecule has 0 radical (unpaired) electrons. The SMILES string of the molecule is [C-]#[N+][C@@](O[Si](C)(C)C)(c1ccc(C)cc1)C(F)(F)c1ccc(-c2ccc(C)cc2)cn1.[C-]#[N+][C@](O[Si](C)(C)C)(c1ccc(F)cc1F)C(F)(F)c1ccc(-c2ccc(C)cc2)cn1. The lowest BCUT2D eigenvalue weighted by Gasteiger charge is -2.34. The summed E-state index contributed by atoms with van der Waals surface area (Å²) in [6.07, 6.45) is 2.70. The summed E-state index contributed by atoms with van der Waals surface area (Å²) in [6, 6.07) is 29.3. The molecular weight excluding hydrogens is 847 g/mol. The van der Waals surface area contributed by atoms with Gasteiger partial charge in [-0.3, -0.25) is 19.7 Å². The Morgan fingerprint density at radius 1 is 0.492 bits per heavy atom. The van der Waals surface area contributed by atoms with Crippen molar-refractivity contribution in [3.8, 4) is 22.3 Å². The van der Waals surface area contributed by atoms with E-state index in [-0.39, 0.29) is 5.56 Å². The summed E-state index contributed by atoms with van der Waals surface area (Å²) in [5, 5.41) is 0. The molecule has 0 spiro atoms. The molecule has 0 bridgehead atoms. The normalized spacial score (nSPS) is 14.0. The monoisotopic (exact) mass is 894 g/mol. The van der Waals surface area contributed by atoms with Crippen LogP contribution < -0.4 is 0 Å². The first-order valence-electron chi connectivity index (χ1n) is 19.9. The van der Waals surface area contributed by atoms with E-state index in [9.17, 15) is 8.78 Å². The summed E-state index contributed by atoms with van der Waals surface area (Å²) in [7, 11) is -5.37. The maximum absolute atomic E-state index is 16.0. The summed E-state index contributed by atoms with van der Waals surface area (Å²) in [5.74, 6) is -9.91. The zero-order chi connectivity index (χ0) is 46.6. The molecule has 0 fully saturated rings. The molecule has 2 atom stereocenters. The lowest BCUT2D eigenvalue weighted by molar-refractivity contribution is -0.162. The molecule has 0 aliphatic rings. The zero-order valence-electron chi connectivity index (χ0n) is 36.5. The van der Waals surface area contributed by atoms with Gasteiger partial charge >= 0.3 is 23.3 Å². The van der Waals surface area contributed by atoms with Crippen molar-refractivity contribution in [3.63, 3.8) is 0 Å².